The van der Waals surface area contributed by atoms with E-state index in [9.17, 15) is 19.5 Å². The number of hydrogen-bond donors (Lipinski definition) is 2. The zero-order chi connectivity index (χ0) is 18.4. The van der Waals surface area contributed by atoms with Gasteiger partial charge in [0.05, 0.1) is 0 Å². The summed E-state index contributed by atoms with van der Waals surface area (Å²) in [5.41, 5.74) is -0.525. The van der Waals surface area contributed by atoms with Crippen molar-refractivity contribution in [3.63, 3.8) is 0 Å². The van der Waals surface area contributed by atoms with E-state index in [1.165, 1.54) is 0 Å². The van der Waals surface area contributed by atoms with Crippen LogP contribution >= 0.6 is 0 Å². The lowest BCUT2D eigenvalue weighted by Gasteiger charge is -2.34. The van der Waals surface area contributed by atoms with Crippen molar-refractivity contribution in [1.82, 2.24) is 10.2 Å². The number of hydrogen-bond acceptors (Lipinski definition) is 3. The summed E-state index contributed by atoms with van der Waals surface area (Å²) < 4.78 is 0. The van der Waals surface area contributed by atoms with Gasteiger partial charge in [-0.15, -0.1) is 0 Å². The zero-order valence-corrected chi connectivity index (χ0v) is 14.6. The maximum absolute atomic E-state index is 12.8. The molecule has 1 fully saturated rings. The summed E-state index contributed by atoms with van der Waals surface area (Å²) in [6, 6.07) is 7.80. The maximum Gasteiger partial charge on any atom is 0.326 e. The first-order chi connectivity index (χ1) is 11.9. The van der Waals surface area contributed by atoms with Crippen molar-refractivity contribution in [3.05, 3.63) is 48.0 Å². The predicted molar refractivity (Wildman–Crippen MR) is 94.1 cm³/mol. The highest BCUT2D eigenvalue weighted by Crippen LogP contribution is 2.31. The second-order valence-electron chi connectivity index (χ2n) is 6.37. The third-order valence-corrected chi connectivity index (χ3v) is 4.61. The number of carbonyl (C=O) groups excluding carboxylic acids is 2. The van der Waals surface area contributed by atoms with E-state index in [-0.39, 0.29) is 12.3 Å². The highest BCUT2D eigenvalue weighted by atomic mass is 16.4. The number of carbonyl (C=O) groups is 3. The van der Waals surface area contributed by atoms with Gasteiger partial charge in [-0.05, 0) is 45.2 Å². The fourth-order valence-corrected chi connectivity index (χ4v) is 3.07. The molecule has 0 spiro atoms. The molecule has 2 N–H and O–H groups in total. The van der Waals surface area contributed by atoms with Crippen LogP contribution in [0, 0.1) is 0 Å². The van der Waals surface area contributed by atoms with E-state index in [4.69, 9.17) is 0 Å². The molecule has 6 nitrogen and oxygen atoms in total. The first kappa shape index (κ1) is 18.7. The summed E-state index contributed by atoms with van der Waals surface area (Å²) >= 11 is 0. The molecule has 1 aromatic carbocycles. The Kier molecular flexibility index (Phi) is 5.96. The normalized spacial score (nSPS) is 21.3. The van der Waals surface area contributed by atoms with Crippen molar-refractivity contribution in [2.75, 3.05) is 6.54 Å². The van der Waals surface area contributed by atoms with Crippen LogP contribution in [-0.2, 0) is 9.59 Å². The number of aliphatic carboxylic acids is 1. The van der Waals surface area contributed by atoms with Crippen LogP contribution in [-0.4, -0.2) is 45.9 Å². The smallest absolute Gasteiger partial charge is 0.326 e. The van der Waals surface area contributed by atoms with Crippen LogP contribution < -0.4 is 5.32 Å². The Labute approximate surface area is 147 Å². The van der Waals surface area contributed by atoms with Gasteiger partial charge in [-0.3, -0.25) is 9.59 Å². The van der Waals surface area contributed by atoms with Crippen molar-refractivity contribution in [2.24, 2.45) is 0 Å². The van der Waals surface area contributed by atoms with E-state index < -0.39 is 23.5 Å². The molecule has 134 valence electrons. The number of carboxylic acids is 1. The van der Waals surface area contributed by atoms with Crippen molar-refractivity contribution in [3.8, 4) is 0 Å². The molecule has 2 amide bonds. The number of rotatable bonds is 6. The molecule has 0 aromatic heterocycles. The lowest BCUT2D eigenvalue weighted by atomic mass is 9.96. The van der Waals surface area contributed by atoms with Gasteiger partial charge in [0.25, 0.3) is 5.91 Å². The summed E-state index contributed by atoms with van der Waals surface area (Å²) in [6.07, 6.45) is 4.86. The molecular weight excluding hydrogens is 320 g/mol. The Morgan fingerprint density at radius 2 is 2.00 bits per heavy atom. The third-order valence-electron chi connectivity index (χ3n) is 4.61. The largest absolute Gasteiger partial charge is 0.480 e. The molecule has 1 aliphatic heterocycles. The van der Waals surface area contributed by atoms with Crippen LogP contribution in [0.1, 0.15) is 43.5 Å². The minimum absolute atomic E-state index is 0.209. The van der Waals surface area contributed by atoms with E-state index in [1.54, 1.807) is 55.2 Å². The quantitative estimate of drug-likeness (QED) is 0.775. The molecule has 2 unspecified atom stereocenters. The average molecular weight is 344 g/mol. The number of allylic oxidation sites excluding steroid dienone is 1. The Morgan fingerprint density at radius 1 is 1.32 bits per heavy atom. The molecule has 6 heteroatoms. The number of likely N-dealkylation sites (tertiary alicyclic amines) is 1. The fraction of sp³-hybridized carbons (Fsp3) is 0.421. The monoisotopic (exact) mass is 344 g/mol. The summed E-state index contributed by atoms with van der Waals surface area (Å²) in [5, 5.41) is 11.9. The van der Waals surface area contributed by atoms with Gasteiger partial charge in [-0.25, -0.2) is 4.79 Å². The van der Waals surface area contributed by atoms with Crippen LogP contribution in [0.25, 0.3) is 0 Å². The van der Waals surface area contributed by atoms with Crippen molar-refractivity contribution < 1.29 is 19.5 Å². The molecule has 1 aliphatic rings. The van der Waals surface area contributed by atoms with Crippen LogP contribution in [0.15, 0.2) is 42.5 Å². The highest BCUT2D eigenvalue weighted by Gasteiger charge is 2.46. The number of benzene rings is 1. The molecule has 1 heterocycles. The van der Waals surface area contributed by atoms with Crippen LogP contribution in [0.3, 0.4) is 0 Å². The Bertz CT molecular complexity index is 671. The lowest BCUT2D eigenvalue weighted by molar-refractivity contribution is -0.143. The fourth-order valence-electron chi connectivity index (χ4n) is 3.07. The lowest BCUT2D eigenvalue weighted by Crippen LogP contribution is -2.58. The molecule has 0 bridgehead atoms. The van der Waals surface area contributed by atoms with E-state index in [0.29, 0.717) is 24.9 Å². The first-order valence-corrected chi connectivity index (χ1v) is 8.42. The van der Waals surface area contributed by atoms with Gasteiger partial charge < -0.3 is 15.3 Å². The van der Waals surface area contributed by atoms with Gasteiger partial charge in [0, 0.05) is 12.1 Å². The first-order valence-electron chi connectivity index (χ1n) is 8.42. The molecule has 0 radical (unpaired) electrons. The Hall–Kier alpha value is -2.63. The van der Waals surface area contributed by atoms with Crippen molar-refractivity contribution in [2.45, 2.75) is 44.7 Å². The van der Waals surface area contributed by atoms with Crippen molar-refractivity contribution in [1.29, 1.82) is 0 Å². The van der Waals surface area contributed by atoms with Crippen LogP contribution in [0.2, 0.25) is 0 Å². The minimum atomic E-state index is -1.09. The molecular formula is C19H24N2O4. The molecule has 1 saturated heterocycles. The summed E-state index contributed by atoms with van der Waals surface area (Å²) in [5.74, 6) is -1.73. The van der Waals surface area contributed by atoms with E-state index >= 15 is 0 Å². The Morgan fingerprint density at radius 3 is 2.60 bits per heavy atom. The topological polar surface area (TPSA) is 86.7 Å². The van der Waals surface area contributed by atoms with Gasteiger partial charge in [0.2, 0.25) is 5.91 Å². The van der Waals surface area contributed by atoms with Crippen molar-refractivity contribution >= 4 is 17.8 Å². The number of nitrogens with zero attached hydrogens (tertiary/aromatic N) is 1. The molecule has 0 saturated carbocycles. The van der Waals surface area contributed by atoms with Gasteiger partial charge in [-0.2, -0.15) is 0 Å². The molecule has 2 rings (SSSR count). The minimum Gasteiger partial charge on any atom is -0.480 e. The van der Waals surface area contributed by atoms with Gasteiger partial charge in [0.15, 0.2) is 0 Å². The van der Waals surface area contributed by atoms with E-state index in [1.807, 2.05) is 6.07 Å². The Balaban J connectivity index is 2.18. The predicted octanol–water partition coefficient (Wildman–Crippen LogP) is 2.22. The van der Waals surface area contributed by atoms with Crippen LogP contribution in [0.5, 0.6) is 0 Å². The zero-order valence-electron chi connectivity index (χ0n) is 14.6. The molecule has 0 aliphatic carbocycles. The summed E-state index contributed by atoms with van der Waals surface area (Å²) in [7, 11) is 0. The second kappa shape index (κ2) is 7.96. The standard InChI is InChI=1S/C19H24N2O4/c1-3-4-11-15(17(23)24)20-18(25)19(2)12-8-13-21(19)16(22)14-9-6-5-7-10-14/h3-7,9-10,15H,8,11-13H2,1-2H3,(H,20,25)(H,23,24)/b4-3+. The number of nitrogens with one attached hydrogen (secondary N) is 1. The van der Waals surface area contributed by atoms with Gasteiger partial charge in [0.1, 0.15) is 11.6 Å². The van der Waals surface area contributed by atoms with Crippen LogP contribution in [0.4, 0.5) is 0 Å². The molecule has 1 aromatic rings. The van der Waals surface area contributed by atoms with E-state index in [2.05, 4.69) is 5.32 Å². The maximum atomic E-state index is 12.8. The summed E-state index contributed by atoms with van der Waals surface area (Å²) in [6.45, 7) is 3.97. The summed E-state index contributed by atoms with van der Waals surface area (Å²) in [4.78, 5) is 38.5. The average Bonchev–Trinajstić information content (AvgIpc) is 3.01. The number of carboxylic acid groups (broad SMARTS) is 1. The number of amides is 2. The molecule has 2 atom stereocenters. The highest BCUT2D eigenvalue weighted by molar-refractivity contribution is 6.00. The van der Waals surface area contributed by atoms with Gasteiger partial charge >= 0.3 is 5.97 Å². The SMILES string of the molecule is C/C=C/CC(NC(=O)C1(C)CCCN1C(=O)c1ccccc1)C(=O)O. The van der Waals surface area contributed by atoms with E-state index in [0.717, 1.165) is 0 Å². The van der Waals surface area contributed by atoms with Gasteiger partial charge in [-0.1, -0.05) is 30.4 Å². The second-order valence-corrected chi connectivity index (χ2v) is 6.37. The molecule has 25 heavy (non-hydrogen) atoms. The third kappa shape index (κ3) is 4.07.